The zero-order valence-corrected chi connectivity index (χ0v) is 21.8. The number of pyridine rings is 1. The van der Waals surface area contributed by atoms with Crippen LogP contribution in [-0.4, -0.2) is 36.2 Å². The molecule has 1 unspecified atom stereocenters. The van der Waals surface area contributed by atoms with Crippen molar-refractivity contribution in [2.75, 3.05) is 20.3 Å². The minimum Gasteiger partial charge on any atom is -0.384 e. The highest BCUT2D eigenvalue weighted by atomic mass is 16.5. The van der Waals surface area contributed by atoms with Gasteiger partial charge in [-0.2, -0.15) is 0 Å². The van der Waals surface area contributed by atoms with Crippen LogP contribution in [0.25, 0.3) is 11.1 Å². The first-order valence-corrected chi connectivity index (χ1v) is 12.2. The predicted octanol–water partition coefficient (Wildman–Crippen LogP) is 7.05. The normalized spacial score (nSPS) is 12.0. The Kier molecular flexibility index (Phi) is 10.2. The quantitative estimate of drug-likeness (QED) is 0.327. The molecule has 0 amide bonds. The third kappa shape index (κ3) is 6.95. The van der Waals surface area contributed by atoms with Crippen LogP contribution in [0.3, 0.4) is 0 Å². The Morgan fingerprint density at radius 1 is 1.18 bits per heavy atom. The highest BCUT2D eigenvalue weighted by molar-refractivity contribution is 5.70. The number of aromatic nitrogens is 1. The summed E-state index contributed by atoms with van der Waals surface area (Å²) in [6, 6.07) is 9.23. The fourth-order valence-corrected chi connectivity index (χ4v) is 4.15. The molecule has 0 aliphatic heterocycles. The Labute approximate surface area is 202 Å². The van der Waals surface area contributed by atoms with Gasteiger partial charge in [-0.15, -0.1) is 6.42 Å². The van der Waals surface area contributed by atoms with Gasteiger partial charge in [-0.1, -0.05) is 51.5 Å². The predicted molar refractivity (Wildman–Crippen MR) is 142 cm³/mol. The molecule has 2 aromatic rings. The summed E-state index contributed by atoms with van der Waals surface area (Å²) in [7, 11) is 1.74. The van der Waals surface area contributed by atoms with Gasteiger partial charge in [-0.25, -0.2) is 0 Å². The molecule has 3 heteroatoms. The van der Waals surface area contributed by atoms with Crippen molar-refractivity contribution in [2.45, 2.75) is 79.2 Å². The summed E-state index contributed by atoms with van der Waals surface area (Å²) in [5, 5.41) is 0. The van der Waals surface area contributed by atoms with Crippen LogP contribution in [0.15, 0.2) is 36.5 Å². The fraction of sp³-hybridized carbons (Fsp3) is 0.500. The average Bonchev–Trinajstić information content (AvgIpc) is 2.81. The van der Waals surface area contributed by atoms with Gasteiger partial charge in [-0.3, -0.25) is 4.98 Å². The molecule has 178 valence electrons. The standard InChI is InChI=1S/C30H42N2O/c1-10-24(7)32(25(8)16-18-33-9)17-12-13-29-26(11-2)20-28(30(31-29)21(3)4)27-15-14-22(5)23(6)19-27/h2,14-15,19-21,24H,8,10,12-13,16-18H2,1,3-7,9H3. The van der Waals surface area contributed by atoms with Crippen molar-refractivity contribution < 1.29 is 4.74 Å². The Morgan fingerprint density at radius 2 is 1.91 bits per heavy atom. The highest BCUT2D eigenvalue weighted by Crippen LogP contribution is 2.31. The van der Waals surface area contributed by atoms with Crippen LogP contribution in [0.4, 0.5) is 0 Å². The number of aryl methyl sites for hydroxylation is 3. The maximum atomic E-state index is 5.95. The van der Waals surface area contributed by atoms with Gasteiger partial charge in [0.1, 0.15) is 0 Å². The van der Waals surface area contributed by atoms with Crippen molar-refractivity contribution >= 4 is 0 Å². The number of rotatable bonds is 12. The van der Waals surface area contributed by atoms with Gasteiger partial charge in [0.25, 0.3) is 0 Å². The van der Waals surface area contributed by atoms with Crippen LogP contribution in [0.2, 0.25) is 0 Å². The number of ether oxygens (including phenoxy) is 1. The molecule has 0 fully saturated rings. The van der Waals surface area contributed by atoms with E-state index in [0.717, 1.165) is 60.4 Å². The van der Waals surface area contributed by atoms with Gasteiger partial charge in [0.2, 0.25) is 0 Å². The van der Waals surface area contributed by atoms with Crippen LogP contribution in [-0.2, 0) is 11.2 Å². The fourth-order valence-electron chi connectivity index (χ4n) is 4.15. The number of hydrogen-bond acceptors (Lipinski definition) is 3. The summed E-state index contributed by atoms with van der Waals surface area (Å²) in [6.07, 6.45) is 9.74. The Bertz CT molecular complexity index is 984. The number of hydrogen-bond donors (Lipinski definition) is 0. The van der Waals surface area contributed by atoms with Crippen LogP contribution in [0, 0.1) is 26.2 Å². The number of nitrogens with zero attached hydrogens (tertiary/aromatic N) is 2. The lowest BCUT2D eigenvalue weighted by Crippen LogP contribution is -2.33. The summed E-state index contributed by atoms with van der Waals surface area (Å²) in [5.74, 6) is 3.23. The molecule has 2 rings (SSSR count). The van der Waals surface area contributed by atoms with Gasteiger partial charge in [0, 0.05) is 42.9 Å². The van der Waals surface area contributed by atoms with Gasteiger partial charge in [0.15, 0.2) is 0 Å². The lowest BCUT2D eigenvalue weighted by molar-refractivity contribution is 0.180. The first kappa shape index (κ1) is 26.7. The van der Waals surface area contributed by atoms with Gasteiger partial charge in [-0.05, 0) is 68.7 Å². The molecule has 3 nitrogen and oxygen atoms in total. The molecule has 0 aliphatic rings. The molecule has 1 aromatic heterocycles. The van der Waals surface area contributed by atoms with E-state index >= 15 is 0 Å². The van der Waals surface area contributed by atoms with E-state index in [0.29, 0.717) is 18.6 Å². The lowest BCUT2D eigenvalue weighted by atomic mass is 9.92. The third-order valence-corrected chi connectivity index (χ3v) is 6.59. The second kappa shape index (κ2) is 12.6. The van der Waals surface area contributed by atoms with Gasteiger partial charge >= 0.3 is 0 Å². The van der Waals surface area contributed by atoms with E-state index in [4.69, 9.17) is 16.1 Å². The minimum absolute atomic E-state index is 0.317. The van der Waals surface area contributed by atoms with Gasteiger partial charge < -0.3 is 9.64 Å². The van der Waals surface area contributed by atoms with E-state index in [2.05, 4.69) is 83.2 Å². The van der Waals surface area contributed by atoms with Crippen LogP contribution in [0.1, 0.15) is 81.0 Å². The van der Waals surface area contributed by atoms with Crippen molar-refractivity contribution in [2.24, 2.45) is 0 Å². The van der Waals surface area contributed by atoms with Crippen LogP contribution < -0.4 is 0 Å². The zero-order chi connectivity index (χ0) is 24.5. The van der Waals surface area contributed by atoms with Crippen LogP contribution >= 0.6 is 0 Å². The van der Waals surface area contributed by atoms with Gasteiger partial charge in [0.05, 0.1) is 18.0 Å². The Morgan fingerprint density at radius 3 is 2.48 bits per heavy atom. The monoisotopic (exact) mass is 446 g/mol. The Balaban J connectivity index is 2.29. The van der Waals surface area contributed by atoms with Crippen molar-refractivity contribution in [3.8, 4) is 23.5 Å². The van der Waals surface area contributed by atoms with E-state index in [1.807, 2.05) is 0 Å². The van der Waals surface area contributed by atoms with E-state index in [9.17, 15) is 0 Å². The summed E-state index contributed by atoms with van der Waals surface area (Å²) < 4.78 is 5.26. The van der Waals surface area contributed by atoms with Crippen molar-refractivity contribution in [1.82, 2.24) is 9.88 Å². The largest absolute Gasteiger partial charge is 0.384 e. The molecule has 0 bridgehead atoms. The van der Waals surface area contributed by atoms with E-state index in [1.165, 1.54) is 16.7 Å². The number of benzene rings is 1. The molecule has 1 heterocycles. The minimum atomic E-state index is 0.317. The number of methoxy groups -OCH3 is 1. The highest BCUT2D eigenvalue weighted by Gasteiger charge is 2.17. The summed E-state index contributed by atoms with van der Waals surface area (Å²) in [6.45, 7) is 19.1. The van der Waals surface area contributed by atoms with E-state index < -0.39 is 0 Å². The first-order chi connectivity index (χ1) is 15.7. The molecule has 0 N–H and O–H groups in total. The second-order valence-corrected chi connectivity index (χ2v) is 9.38. The molecular formula is C30H42N2O. The zero-order valence-electron chi connectivity index (χ0n) is 21.8. The maximum Gasteiger partial charge on any atom is 0.0564 e. The molecule has 0 radical (unpaired) electrons. The number of terminal acetylenes is 1. The van der Waals surface area contributed by atoms with Crippen molar-refractivity contribution in [3.63, 3.8) is 0 Å². The lowest BCUT2D eigenvalue weighted by Gasteiger charge is -2.32. The summed E-state index contributed by atoms with van der Waals surface area (Å²) in [4.78, 5) is 7.54. The van der Waals surface area contributed by atoms with Crippen molar-refractivity contribution in [3.05, 3.63) is 64.6 Å². The van der Waals surface area contributed by atoms with E-state index in [1.54, 1.807) is 7.11 Å². The molecule has 0 aliphatic carbocycles. The topological polar surface area (TPSA) is 25.4 Å². The SMILES string of the molecule is C#Cc1cc(-c2ccc(C)c(C)c2)c(C(C)C)nc1CCCN(C(=C)CCOC)C(C)CC. The van der Waals surface area contributed by atoms with Crippen molar-refractivity contribution in [1.29, 1.82) is 0 Å². The average molecular weight is 447 g/mol. The first-order valence-electron chi connectivity index (χ1n) is 12.2. The summed E-state index contributed by atoms with van der Waals surface area (Å²) >= 11 is 0. The maximum absolute atomic E-state index is 5.95. The molecule has 0 spiro atoms. The summed E-state index contributed by atoms with van der Waals surface area (Å²) in [5.41, 5.74) is 9.12. The molecule has 33 heavy (non-hydrogen) atoms. The molecule has 1 aromatic carbocycles. The molecule has 0 saturated carbocycles. The molecule has 1 atom stereocenters. The third-order valence-electron chi connectivity index (χ3n) is 6.59. The Hall–Kier alpha value is -2.57. The molecule has 0 saturated heterocycles. The van der Waals surface area contributed by atoms with E-state index in [-0.39, 0.29) is 0 Å². The smallest absolute Gasteiger partial charge is 0.0564 e. The molecular weight excluding hydrogens is 404 g/mol. The second-order valence-electron chi connectivity index (χ2n) is 9.38. The van der Waals surface area contributed by atoms with Crippen LogP contribution in [0.5, 0.6) is 0 Å².